The molecule has 1 aromatic rings. The molecule has 1 fully saturated rings. The summed E-state index contributed by atoms with van der Waals surface area (Å²) in [6.45, 7) is 1.98. The van der Waals surface area contributed by atoms with Gasteiger partial charge in [0, 0.05) is 11.9 Å². The number of rotatable bonds is 3. The van der Waals surface area contributed by atoms with E-state index in [1.807, 2.05) is 6.92 Å². The first kappa shape index (κ1) is 15.3. The fraction of sp³-hybridized carbons (Fsp3) is 0.462. The zero-order valence-electron chi connectivity index (χ0n) is 11.2. The number of alkyl halides is 1. The van der Waals surface area contributed by atoms with Gasteiger partial charge in [-0.25, -0.2) is 8.42 Å². The van der Waals surface area contributed by atoms with E-state index in [1.165, 1.54) is 19.2 Å². The first-order valence-electron chi connectivity index (χ1n) is 6.16. The van der Waals surface area contributed by atoms with Crippen LogP contribution in [0.25, 0.3) is 0 Å². The van der Waals surface area contributed by atoms with Crippen LogP contribution in [-0.4, -0.2) is 43.8 Å². The van der Waals surface area contributed by atoms with Crippen LogP contribution in [0.2, 0.25) is 0 Å². The lowest BCUT2D eigenvalue weighted by atomic mass is 10.2. The van der Waals surface area contributed by atoms with Crippen molar-refractivity contribution in [2.75, 3.05) is 13.7 Å². The number of ether oxygens (including phenoxy) is 1. The Bertz CT molecular complexity index is 599. The van der Waals surface area contributed by atoms with Gasteiger partial charge in [0.1, 0.15) is 6.04 Å². The topological polar surface area (TPSA) is 63.7 Å². The lowest BCUT2D eigenvalue weighted by Gasteiger charge is -2.22. The summed E-state index contributed by atoms with van der Waals surface area (Å²) in [4.78, 5) is 11.9. The molecule has 1 heterocycles. The molecule has 7 heteroatoms. The van der Waals surface area contributed by atoms with E-state index >= 15 is 0 Å². The van der Waals surface area contributed by atoms with E-state index in [-0.39, 0.29) is 23.2 Å². The number of hydrogen-bond acceptors (Lipinski definition) is 4. The lowest BCUT2D eigenvalue weighted by Crippen LogP contribution is -2.41. The van der Waals surface area contributed by atoms with Crippen LogP contribution in [0.1, 0.15) is 12.0 Å². The first-order valence-corrected chi connectivity index (χ1v) is 8.04. The highest BCUT2D eigenvalue weighted by atomic mass is 35.5. The van der Waals surface area contributed by atoms with Crippen LogP contribution in [0.4, 0.5) is 0 Å². The smallest absolute Gasteiger partial charge is 0.324 e. The summed E-state index contributed by atoms with van der Waals surface area (Å²) in [5.74, 6) is -0.580. The molecule has 0 aromatic heterocycles. The minimum atomic E-state index is -3.74. The highest BCUT2D eigenvalue weighted by Crippen LogP contribution is 2.29. The fourth-order valence-corrected chi connectivity index (χ4v) is 4.25. The van der Waals surface area contributed by atoms with Gasteiger partial charge in [0.2, 0.25) is 10.0 Å². The Balaban J connectivity index is 2.37. The Kier molecular flexibility index (Phi) is 4.36. The number of esters is 1. The SMILES string of the molecule is COC(=O)[C@H]1C[C@@H](Cl)CN1S(=O)(=O)c1ccc(C)cc1. The fourth-order valence-electron chi connectivity index (χ4n) is 2.22. The predicted molar refractivity (Wildman–Crippen MR) is 75.1 cm³/mol. The second-order valence-corrected chi connectivity index (χ2v) is 7.27. The Morgan fingerprint density at radius 1 is 1.35 bits per heavy atom. The molecule has 1 saturated heterocycles. The standard InChI is InChI=1S/C13H16ClNO4S/c1-9-3-5-11(6-4-9)20(17,18)15-8-10(14)7-12(15)13(16)19-2/h3-6,10,12H,7-8H2,1-2H3/t10-,12-/m1/s1. The summed E-state index contributed by atoms with van der Waals surface area (Å²) in [6.07, 6.45) is 0.263. The van der Waals surface area contributed by atoms with E-state index < -0.39 is 22.0 Å². The van der Waals surface area contributed by atoms with Crippen molar-refractivity contribution in [1.29, 1.82) is 0 Å². The Labute approximate surface area is 123 Å². The van der Waals surface area contributed by atoms with Crippen molar-refractivity contribution in [3.05, 3.63) is 29.8 Å². The van der Waals surface area contributed by atoms with Gasteiger partial charge < -0.3 is 4.74 Å². The number of nitrogens with zero attached hydrogens (tertiary/aromatic N) is 1. The van der Waals surface area contributed by atoms with Crippen LogP contribution in [-0.2, 0) is 19.6 Å². The number of methoxy groups -OCH3 is 1. The third-order valence-corrected chi connectivity index (χ3v) is 5.51. The van der Waals surface area contributed by atoms with Crippen molar-refractivity contribution in [3.8, 4) is 0 Å². The quantitative estimate of drug-likeness (QED) is 0.626. The van der Waals surface area contributed by atoms with Gasteiger partial charge in [-0.15, -0.1) is 11.6 Å². The van der Waals surface area contributed by atoms with Crippen LogP contribution in [0.5, 0.6) is 0 Å². The van der Waals surface area contributed by atoms with Crippen molar-refractivity contribution >= 4 is 27.6 Å². The molecule has 0 saturated carbocycles. The second-order valence-electron chi connectivity index (χ2n) is 4.76. The van der Waals surface area contributed by atoms with Gasteiger partial charge in [-0.2, -0.15) is 4.31 Å². The maximum absolute atomic E-state index is 12.6. The van der Waals surface area contributed by atoms with Gasteiger partial charge in [-0.05, 0) is 25.5 Å². The van der Waals surface area contributed by atoms with Gasteiger partial charge in [0.15, 0.2) is 0 Å². The summed E-state index contributed by atoms with van der Waals surface area (Å²) in [5, 5.41) is -0.390. The number of sulfonamides is 1. The highest BCUT2D eigenvalue weighted by molar-refractivity contribution is 7.89. The molecule has 20 heavy (non-hydrogen) atoms. The predicted octanol–water partition coefficient (Wildman–Crippen LogP) is 1.54. The minimum Gasteiger partial charge on any atom is -0.468 e. The van der Waals surface area contributed by atoms with Gasteiger partial charge in [0.05, 0.1) is 12.0 Å². The van der Waals surface area contributed by atoms with Crippen molar-refractivity contribution in [1.82, 2.24) is 4.31 Å². The molecule has 2 atom stereocenters. The van der Waals surface area contributed by atoms with Crippen LogP contribution < -0.4 is 0 Å². The molecule has 0 N–H and O–H groups in total. The van der Waals surface area contributed by atoms with Crippen LogP contribution in [0.3, 0.4) is 0 Å². The summed E-state index contributed by atoms with van der Waals surface area (Å²) in [7, 11) is -2.51. The maximum Gasteiger partial charge on any atom is 0.324 e. The van der Waals surface area contributed by atoms with Gasteiger partial charge >= 0.3 is 5.97 Å². The summed E-state index contributed by atoms with van der Waals surface area (Å²) >= 11 is 6.01. The maximum atomic E-state index is 12.6. The molecule has 0 spiro atoms. The molecule has 5 nitrogen and oxygen atoms in total. The number of halogens is 1. The van der Waals surface area contributed by atoms with Crippen LogP contribution in [0, 0.1) is 6.92 Å². The Hall–Kier alpha value is -1.11. The molecule has 2 rings (SSSR count). The first-order chi connectivity index (χ1) is 9.36. The van der Waals surface area contributed by atoms with E-state index in [9.17, 15) is 13.2 Å². The van der Waals surface area contributed by atoms with E-state index in [4.69, 9.17) is 11.6 Å². The van der Waals surface area contributed by atoms with Gasteiger partial charge in [0.25, 0.3) is 0 Å². The highest BCUT2D eigenvalue weighted by Gasteiger charge is 2.43. The van der Waals surface area contributed by atoms with Crippen molar-refractivity contribution in [2.45, 2.75) is 29.7 Å². The Morgan fingerprint density at radius 2 is 1.95 bits per heavy atom. The average molecular weight is 318 g/mol. The summed E-state index contributed by atoms with van der Waals surface area (Å²) < 4.78 is 30.9. The molecule has 0 amide bonds. The largest absolute Gasteiger partial charge is 0.468 e. The zero-order chi connectivity index (χ0) is 14.9. The monoisotopic (exact) mass is 317 g/mol. The van der Waals surface area contributed by atoms with Gasteiger partial charge in [-0.3, -0.25) is 4.79 Å². The van der Waals surface area contributed by atoms with E-state index in [0.717, 1.165) is 9.87 Å². The molecule has 1 aliphatic heterocycles. The summed E-state index contributed by atoms with van der Waals surface area (Å²) in [6, 6.07) is 5.64. The molecule has 1 aliphatic rings. The molecule has 0 unspecified atom stereocenters. The summed E-state index contributed by atoms with van der Waals surface area (Å²) in [5.41, 5.74) is 0.963. The van der Waals surface area contributed by atoms with Gasteiger partial charge in [-0.1, -0.05) is 17.7 Å². The lowest BCUT2D eigenvalue weighted by molar-refractivity contribution is -0.144. The van der Waals surface area contributed by atoms with E-state index in [1.54, 1.807) is 12.1 Å². The third-order valence-electron chi connectivity index (χ3n) is 3.31. The van der Waals surface area contributed by atoms with Crippen LogP contribution in [0.15, 0.2) is 29.2 Å². The zero-order valence-corrected chi connectivity index (χ0v) is 12.8. The molecular formula is C13H16ClNO4S. The Morgan fingerprint density at radius 3 is 2.50 bits per heavy atom. The van der Waals surface area contributed by atoms with Crippen molar-refractivity contribution < 1.29 is 17.9 Å². The van der Waals surface area contributed by atoms with Crippen LogP contribution >= 0.6 is 11.6 Å². The number of benzene rings is 1. The molecule has 110 valence electrons. The molecule has 0 radical (unpaired) electrons. The minimum absolute atomic E-state index is 0.109. The van der Waals surface area contributed by atoms with Crippen molar-refractivity contribution in [3.63, 3.8) is 0 Å². The number of carbonyl (C=O) groups is 1. The van der Waals surface area contributed by atoms with E-state index in [2.05, 4.69) is 4.74 Å². The molecular weight excluding hydrogens is 302 g/mol. The number of carbonyl (C=O) groups excluding carboxylic acids is 1. The second kappa shape index (κ2) is 5.71. The number of hydrogen-bond donors (Lipinski definition) is 0. The number of aryl methyl sites for hydroxylation is 1. The molecule has 0 bridgehead atoms. The average Bonchev–Trinajstić information content (AvgIpc) is 2.81. The molecule has 0 aliphatic carbocycles. The normalized spacial score (nSPS) is 23.8. The van der Waals surface area contributed by atoms with Crippen molar-refractivity contribution in [2.24, 2.45) is 0 Å². The third kappa shape index (κ3) is 2.82. The van der Waals surface area contributed by atoms with E-state index in [0.29, 0.717) is 0 Å². The molecule has 1 aromatic carbocycles.